The molecule has 3 aromatic rings. The van der Waals surface area contributed by atoms with Gasteiger partial charge >= 0.3 is 11.7 Å². The van der Waals surface area contributed by atoms with Gasteiger partial charge in [-0.2, -0.15) is 4.73 Å². The lowest BCUT2D eigenvalue weighted by molar-refractivity contribution is -0.585. The molecule has 0 unspecified atom stereocenters. The Morgan fingerprint density at radius 1 is 0.864 bits per heavy atom. The van der Waals surface area contributed by atoms with Gasteiger partial charge in [-0.1, -0.05) is 46.4 Å². The zero-order valence-corrected chi connectivity index (χ0v) is 13.7. The van der Waals surface area contributed by atoms with Gasteiger partial charge in [0.25, 0.3) is 0 Å². The molecule has 0 amide bonds. The molecule has 112 valence electrons. The van der Waals surface area contributed by atoms with E-state index in [1.165, 1.54) is 12.1 Å². The fourth-order valence-corrected chi connectivity index (χ4v) is 2.89. The predicted octanol–water partition coefficient (Wildman–Crippen LogP) is 5.26. The van der Waals surface area contributed by atoms with Crippen molar-refractivity contribution in [2.24, 2.45) is 0 Å². The summed E-state index contributed by atoms with van der Waals surface area (Å²) in [5.74, 6) is -0.0367. The van der Waals surface area contributed by atoms with Crippen LogP contribution in [-0.4, -0.2) is 5.16 Å². The minimum Gasteiger partial charge on any atom is -0.708 e. The van der Waals surface area contributed by atoms with E-state index in [-0.39, 0.29) is 16.7 Å². The van der Waals surface area contributed by atoms with Gasteiger partial charge < -0.3 is 5.21 Å². The number of rotatable bonds is 2. The standard InChI is InChI=1S/C14H6Cl4N2O2/c15-7-1-3-9(11(17)5-7)13-19-22-14(20(13)21)10-4-2-8(16)6-12(10)18/h1-6H. The molecule has 4 nitrogen and oxygen atoms in total. The zero-order chi connectivity index (χ0) is 15.9. The summed E-state index contributed by atoms with van der Waals surface area (Å²) in [5, 5.41) is 17.7. The smallest absolute Gasteiger partial charge is 0.385 e. The number of aromatic nitrogens is 2. The summed E-state index contributed by atoms with van der Waals surface area (Å²) < 4.78 is 5.64. The maximum Gasteiger partial charge on any atom is 0.385 e. The van der Waals surface area contributed by atoms with Crippen molar-refractivity contribution in [2.75, 3.05) is 0 Å². The Morgan fingerprint density at radius 2 is 1.41 bits per heavy atom. The van der Waals surface area contributed by atoms with Crippen LogP contribution in [0.2, 0.25) is 20.1 Å². The highest BCUT2D eigenvalue weighted by Crippen LogP contribution is 2.32. The Labute approximate surface area is 145 Å². The van der Waals surface area contributed by atoms with Crippen LogP contribution in [0.15, 0.2) is 40.9 Å². The molecule has 0 aliphatic carbocycles. The second-order valence-electron chi connectivity index (χ2n) is 4.35. The highest BCUT2D eigenvalue weighted by atomic mass is 35.5. The van der Waals surface area contributed by atoms with E-state index < -0.39 is 0 Å². The molecule has 0 atom stereocenters. The molecular weight excluding hydrogens is 370 g/mol. The summed E-state index contributed by atoms with van der Waals surface area (Å²) in [4.78, 5) is 0. The maximum atomic E-state index is 12.4. The second-order valence-corrected chi connectivity index (χ2v) is 6.04. The Bertz CT molecular complexity index is 795. The fraction of sp³-hybridized carbons (Fsp3) is 0. The van der Waals surface area contributed by atoms with Gasteiger partial charge in [-0.3, -0.25) is 0 Å². The SMILES string of the molecule is [O-][n+]1c(-c2ccc(Cl)cc2Cl)noc1-c1ccc(Cl)cc1Cl. The Morgan fingerprint density at radius 3 is 1.95 bits per heavy atom. The number of halogens is 4. The number of hydrogen-bond donors (Lipinski definition) is 0. The van der Waals surface area contributed by atoms with E-state index in [1.54, 1.807) is 24.3 Å². The largest absolute Gasteiger partial charge is 0.708 e. The molecule has 1 heterocycles. The third kappa shape index (κ3) is 2.75. The molecule has 0 aliphatic heterocycles. The van der Waals surface area contributed by atoms with Gasteiger partial charge in [-0.25, -0.2) is 4.52 Å². The first-order valence-electron chi connectivity index (χ1n) is 5.97. The van der Waals surface area contributed by atoms with Crippen molar-refractivity contribution < 1.29 is 9.25 Å². The number of benzene rings is 2. The summed E-state index contributed by atoms with van der Waals surface area (Å²) in [6, 6.07) is 9.39. The van der Waals surface area contributed by atoms with Gasteiger partial charge in [0, 0.05) is 10.0 Å². The molecule has 0 N–H and O–H groups in total. The van der Waals surface area contributed by atoms with E-state index in [4.69, 9.17) is 50.9 Å². The van der Waals surface area contributed by atoms with Crippen molar-refractivity contribution in [1.29, 1.82) is 0 Å². The van der Waals surface area contributed by atoms with Crippen molar-refractivity contribution in [3.05, 3.63) is 61.7 Å². The molecule has 0 aliphatic rings. The minimum atomic E-state index is -0.0531. The van der Waals surface area contributed by atoms with Crippen LogP contribution in [0.1, 0.15) is 0 Å². The minimum absolute atomic E-state index is 0.0164. The van der Waals surface area contributed by atoms with Crippen LogP contribution in [0.5, 0.6) is 0 Å². The predicted molar refractivity (Wildman–Crippen MR) is 86.4 cm³/mol. The van der Waals surface area contributed by atoms with Crippen molar-refractivity contribution >= 4 is 46.4 Å². The molecule has 8 heteroatoms. The van der Waals surface area contributed by atoms with Crippen LogP contribution in [0, 0.1) is 5.21 Å². The molecule has 0 radical (unpaired) electrons. The monoisotopic (exact) mass is 374 g/mol. The topological polar surface area (TPSA) is 53.0 Å². The lowest BCUT2D eigenvalue weighted by Crippen LogP contribution is -2.29. The molecule has 0 bridgehead atoms. The lowest BCUT2D eigenvalue weighted by atomic mass is 10.2. The van der Waals surface area contributed by atoms with E-state index >= 15 is 0 Å². The average Bonchev–Trinajstić information content (AvgIpc) is 2.81. The van der Waals surface area contributed by atoms with Gasteiger partial charge in [-0.05, 0) is 36.4 Å². The third-order valence-corrected chi connectivity index (χ3v) is 4.02. The zero-order valence-electron chi connectivity index (χ0n) is 10.7. The molecule has 1 aromatic heterocycles. The average molecular weight is 376 g/mol. The fourth-order valence-electron chi connectivity index (χ4n) is 1.91. The molecule has 0 saturated carbocycles. The summed E-state index contributed by atoms with van der Waals surface area (Å²) >= 11 is 23.8. The first-order valence-corrected chi connectivity index (χ1v) is 7.48. The second kappa shape index (κ2) is 5.97. The summed E-state index contributed by atoms with van der Waals surface area (Å²) in [7, 11) is 0. The van der Waals surface area contributed by atoms with E-state index in [2.05, 4.69) is 5.16 Å². The van der Waals surface area contributed by atoms with E-state index in [1.807, 2.05) is 0 Å². The van der Waals surface area contributed by atoms with Crippen molar-refractivity contribution in [3.63, 3.8) is 0 Å². The van der Waals surface area contributed by atoms with Crippen molar-refractivity contribution in [2.45, 2.75) is 0 Å². The highest BCUT2D eigenvalue weighted by molar-refractivity contribution is 6.36. The molecule has 0 saturated heterocycles. The Kier molecular flexibility index (Phi) is 4.19. The summed E-state index contributed by atoms with van der Waals surface area (Å²) in [6.07, 6.45) is 0. The molecule has 22 heavy (non-hydrogen) atoms. The summed E-state index contributed by atoms with van der Waals surface area (Å²) in [6.45, 7) is 0. The first-order chi connectivity index (χ1) is 10.5. The van der Waals surface area contributed by atoms with Crippen LogP contribution in [-0.2, 0) is 0 Å². The van der Waals surface area contributed by atoms with Gasteiger partial charge in [0.2, 0.25) is 0 Å². The maximum absolute atomic E-state index is 12.4. The Hall–Kier alpha value is -1.46. The van der Waals surface area contributed by atoms with Gasteiger partial charge in [-0.15, -0.1) is 0 Å². The van der Waals surface area contributed by atoms with E-state index in [0.717, 1.165) is 0 Å². The molecule has 0 fully saturated rings. The highest BCUT2D eigenvalue weighted by Gasteiger charge is 2.26. The normalized spacial score (nSPS) is 10.9. The van der Waals surface area contributed by atoms with Crippen LogP contribution in [0.4, 0.5) is 0 Å². The van der Waals surface area contributed by atoms with Crippen LogP contribution < -0.4 is 4.73 Å². The van der Waals surface area contributed by atoms with Crippen LogP contribution in [0.25, 0.3) is 22.8 Å². The third-order valence-electron chi connectivity index (χ3n) is 2.93. The quantitative estimate of drug-likeness (QED) is 0.453. The van der Waals surface area contributed by atoms with Crippen LogP contribution in [0.3, 0.4) is 0 Å². The van der Waals surface area contributed by atoms with Crippen LogP contribution >= 0.6 is 46.4 Å². The van der Waals surface area contributed by atoms with E-state index in [9.17, 15) is 5.21 Å². The van der Waals surface area contributed by atoms with Crippen molar-refractivity contribution in [3.8, 4) is 22.8 Å². The number of hydrogen-bond acceptors (Lipinski definition) is 3. The molecule has 3 rings (SSSR count). The first kappa shape index (κ1) is 15.4. The molecular formula is C14H6Cl4N2O2. The number of nitrogens with zero attached hydrogens (tertiary/aromatic N) is 2. The lowest BCUT2D eigenvalue weighted by Gasteiger charge is -2.05. The van der Waals surface area contributed by atoms with E-state index in [0.29, 0.717) is 30.9 Å². The molecule has 0 spiro atoms. The van der Waals surface area contributed by atoms with Gasteiger partial charge in [0.15, 0.2) is 5.16 Å². The van der Waals surface area contributed by atoms with Gasteiger partial charge in [0.1, 0.15) is 0 Å². The molecule has 2 aromatic carbocycles. The Balaban J connectivity index is 2.13. The summed E-state index contributed by atoms with van der Waals surface area (Å²) in [5.41, 5.74) is 0.783. The van der Waals surface area contributed by atoms with Crippen molar-refractivity contribution in [1.82, 2.24) is 5.16 Å². The van der Waals surface area contributed by atoms with Gasteiger partial charge in [0.05, 0.1) is 21.2 Å².